The van der Waals surface area contributed by atoms with Crippen LogP contribution in [0.15, 0.2) is 42.5 Å². The van der Waals surface area contributed by atoms with Gasteiger partial charge < -0.3 is 15.5 Å². The summed E-state index contributed by atoms with van der Waals surface area (Å²) >= 11 is 0. The highest BCUT2D eigenvalue weighted by Crippen LogP contribution is 2.19. The van der Waals surface area contributed by atoms with Crippen LogP contribution in [0.1, 0.15) is 33.2 Å². The maximum atomic E-state index is 12.1. The SMILES string of the molecule is Cc1ccc(O)c(C(=O)NCC(O)c2ccccc2C)c1. The van der Waals surface area contributed by atoms with Crippen molar-refractivity contribution in [3.8, 4) is 5.75 Å². The molecule has 2 aromatic rings. The number of carbonyl (C=O) groups is 1. The smallest absolute Gasteiger partial charge is 0.255 e. The van der Waals surface area contributed by atoms with Crippen LogP contribution in [-0.4, -0.2) is 22.7 Å². The van der Waals surface area contributed by atoms with E-state index in [9.17, 15) is 15.0 Å². The Morgan fingerprint density at radius 2 is 1.90 bits per heavy atom. The molecule has 0 saturated heterocycles. The Hall–Kier alpha value is -2.33. The van der Waals surface area contributed by atoms with Crippen molar-refractivity contribution in [2.24, 2.45) is 0 Å². The molecule has 3 N–H and O–H groups in total. The van der Waals surface area contributed by atoms with E-state index in [2.05, 4.69) is 5.32 Å². The fraction of sp³-hybridized carbons (Fsp3) is 0.235. The topological polar surface area (TPSA) is 69.6 Å². The molecule has 110 valence electrons. The maximum Gasteiger partial charge on any atom is 0.255 e. The van der Waals surface area contributed by atoms with Crippen LogP contribution >= 0.6 is 0 Å². The second-order valence-electron chi connectivity index (χ2n) is 5.10. The van der Waals surface area contributed by atoms with Gasteiger partial charge >= 0.3 is 0 Å². The first-order chi connectivity index (χ1) is 9.99. The Balaban J connectivity index is 2.04. The van der Waals surface area contributed by atoms with Crippen molar-refractivity contribution < 1.29 is 15.0 Å². The van der Waals surface area contributed by atoms with Gasteiger partial charge in [-0.25, -0.2) is 0 Å². The Morgan fingerprint density at radius 3 is 2.62 bits per heavy atom. The Bertz CT molecular complexity index is 652. The fourth-order valence-electron chi connectivity index (χ4n) is 2.19. The number of aryl methyl sites for hydroxylation is 2. The second kappa shape index (κ2) is 6.41. The summed E-state index contributed by atoms with van der Waals surface area (Å²) in [6.45, 7) is 3.85. The molecule has 0 heterocycles. The summed E-state index contributed by atoms with van der Waals surface area (Å²) in [5.41, 5.74) is 2.85. The number of carbonyl (C=O) groups excluding carboxylic acids is 1. The van der Waals surface area contributed by atoms with Crippen molar-refractivity contribution in [3.05, 3.63) is 64.7 Å². The standard InChI is InChI=1S/C17H19NO3/c1-11-7-8-15(19)14(9-11)17(21)18-10-16(20)13-6-4-3-5-12(13)2/h3-9,16,19-20H,10H2,1-2H3,(H,18,21). The lowest BCUT2D eigenvalue weighted by molar-refractivity contribution is 0.0913. The van der Waals surface area contributed by atoms with Gasteiger partial charge in [0, 0.05) is 6.54 Å². The molecule has 2 aromatic carbocycles. The minimum Gasteiger partial charge on any atom is -0.507 e. The van der Waals surface area contributed by atoms with Gasteiger partial charge in [-0.1, -0.05) is 35.9 Å². The van der Waals surface area contributed by atoms with Crippen LogP contribution in [0.3, 0.4) is 0 Å². The Kier molecular flexibility index (Phi) is 4.60. The molecule has 0 aliphatic rings. The normalized spacial score (nSPS) is 12.0. The van der Waals surface area contributed by atoms with Crippen molar-refractivity contribution in [1.29, 1.82) is 0 Å². The van der Waals surface area contributed by atoms with Crippen LogP contribution in [0.25, 0.3) is 0 Å². The molecule has 0 bridgehead atoms. The van der Waals surface area contributed by atoms with Crippen molar-refractivity contribution in [2.75, 3.05) is 6.54 Å². The third kappa shape index (κ3) is 3.61. The van der Waals surface area contributed by atoms with Gasteiger partial charge in [-0.15, -0.1) is 0 Å². The van der Waals surface area contributed by atoms with Crippen molar-refractivity contribution in [3.63, 3.8) is 0 Å². The fourth-order valence-corrected chi connectivity index (χ4v) is 2.19. The summed E-state index contributed by atoms with van der Waals surface area (Å²) in [5.74, 6) is -0.465. The lowest BCUT2D eigenvalue weighted by Gasteiger charge is -2.15. The summed E-state index contributed by atoms with van der Waals surface area (Å²) in [5, 5.41) is 22.5. The van der Waals surface area contributed by atoms with Gasteiger partial charge in [-0.05, 0) is 37.1 Å². The van der Waals surface area contributed by atoms with Gasteiger partial charge in [0.1, 0.15) is 5.75 Å². The number of phenolic OH excluding ortho intramolecular Hbond substituents is 1. The number of hydrogen-bond acceptors (Lipinski definition) is 3. The van der Waals surface area contributed by atoms with Gasteiger partial charge in [0.2, 0.25) is 0 Å². The lowest BCUT2D eigenvalue weighted by Crippen LogP contribution is -2.28. The van der Waals surface area contributed by atoms with Crippen LogP contribution in [0.4, 0.5) is 0 Å². The van der Waals surface area contributed by atoms with Gasteiger partial charge in [-0.3, -0.25) is 4.79 Å². The molecule has 0 radical (unpaired) electrons. The molecular formula is C17H19NO3. The largest absolute Gasteiger partial charge is 0.507 e. The molecule has 1 atom stereocenters. The number of benzene rings is 2. The van der Waals surface area contributed by atoms with E-state index in [0.717, 1.165) is 16.7 Å². The highest BCUT2D eigenvalue weighted by Gasteiger charge is 2.14. The summed E-state index contributed by atoms with van der Waals surface area (Å²) < 4.78 is 0. The quantitative estimate of drug-likeness (QED) is 0.808. The third-order valence-electron chi connectivity index (χ3n) is 3.40. The van der Waals surface area contributed by atoms with Gasteiger partial charge in [0.05, 0.1) is 11.7 Å². The first kappa shape index (κ1) is 15.1. The number of nitrogens with one attached hydrogen (secondary N) is 1. The predicted molar refractivity (Wildman–Crippen MR) is 81.3 cm³/mol. The number of phenols is 1. The molecule has 1 amide bonds. The average Bonchev–Trinajstić information content (AvgIpc) is 2.47. The van der Waals surface area contributed by atoms with E-state index in [1.165, 1.54) is 6.07 Å². The summed E-state index contributed by atoms with van der Waals surface area (Å²) in [6, 6.07) is 12.3. The summed E-state index contributed by atoms with van der Waals surface area (Å²) in [6.07, 6.45) is -0.776. The zero-order valence-electron chi connectivity index (χ0n) is 12.1. The van der Waals surface area contributed by atoms with Crippen molar-refractivity contribution in [2.45, 2.75) is 20.0 Å². The monoisotopic (exact) mass is 285 g/mol. The molecule has 21 heavy (non-hydrogen) atoms. The van der Waals surface area contributed by atoms with Crippen LogP contribution in [0.5, 0.6) is 5.75 Å². The molecule has 0 fully saturated rings. The molecule has 0 saturated carbocycles. The van der Waals surface area contributed by atoms with Gasteiger partial charge in [0.25, 0.3) is 5.91 Å². The molecule has 4 heteroatoms. The predicted octanol–water partition coefficient (Wildman–Crippen LogP) is 2.47. The highest BCUT2D eigenvalue weighted by atomic mass is 16.3. The minimum atomic E-state index is -0.776. The van der Waals surface area contributed by atoms with Gasteiger partial charge in [-0.2, -0.15) is 0 Å². The number of hydrogen-bond donors (Lipinski definition) is 3. The molecule has 0 aromatic heterocycles. The molecular weight excluding hydrogens is 266 g/mol. The highest BCUT2D eigenvalue weighted by molar-refractivity contribution is 5.97. The van der Waals surface area contributed by atoms with Crippen LogP contribution in [-0.2, 0) is 0 Å². The summed E-state index contributed by atoms with van der Waals surface area (Å²) in [4.78, 5) is 12.1. The van der Waals surface area contributed by atoms with Crippen LogP contribution in [0, 0.1) is 13.8 Å². The number of rotatable bonds is 4. The maximum absolute atomic E-state index is 12.1. The molecule has 2 rings (SSSR count). The van der Waals surface area contributed by atoms with E-state index in [4.69, 9.17) is 0 Å². The average molecular weight is 285 g/mol. The Morgan fingerprint density at radius 1 is 1.19 bits per heavy atom. The number of aromatic hydroxyl groups is 1. The number of amides is 1. The van der Waals surface area contributed by atoms with Gasteiger partial charge in [0.15, 0.2) is 0 Å². The van der Waals surface area contributed by atoms with E-state index in [1.54, 1.807) is 12.1 Å². The van der Waals surface area contributed by atoms with E-state index in [-0.39, 0.29) is 17.9 Å². The van der Waals surface area contributed by atoms with E-state index in [1.807, 2.05) is 38.1 Å². The summed E-state index contributed by atoms with van der Waals surface area (Å²) in [7, 11) is 0. The Labute approximate surface area is 124 Å². The molecule has 0 aliphatic carbocycles. The first-order valence-electron chi connectivity index (χ1n) is 6.80. The van der Waals surface area contributed by atoms with E-state index in [0.29, 0.717) is 0 Å². The number of aliphatic hydroxyl groups is 1. The van der Waals surface area contributed by atoms with Crippen molar-refractivity contribution in [1.82, 2.24) is 5.32 Å². The minimum absolute atomic E-state index is 0.0662. The molecule has 4 nitrogen and oxygen atoms in total. The zero-order chi connectivity index (χ0) is 15.4. The molecule has 1 unspecified atom stereocenters. The van der Waals surface area contributed by atoms with Crippen LogP contribution in [0.2, 0.25) is 0 Å². The molecule has 0 aliphatic heterocycles. The van der Waals surface area contributed by atoms with E-state index < -0.39 is 12.0 Å². The zero-order valence-corrected chi connectivity index (χ0v) is 12.1. The number of aliphatic hydroxyl groups excluding tert-OH is 1. The lowest BCUT2D eigenvalue weighted by atomic mass is 10.0. The van der Waals surface area contributed by atoms with Crippen LogP contribution < -0.4 is 5.32 Å². The second-order valence-corrected chi connectivity index (χ2v) is 5.10. The first-order valence-corrected chi connectivity index (χ1v) is 6.80. The third-order valence-corrected chi connectivity index (χ3v) is 3.40. The van der Waals surface area contributed by atoms with E-state index >= 15 is 0 Å². The van der Waals surface area contributed by atoms with Crippen molar-refractivity contribution >= 4 is 5.91 Å². The molecule has 0 spiro atoms.